The molecule has 1 aliphatic heterocycles. The topological polar surface area (TPSA) is 59.0 Å². The molecule has 0 spiro atoms. The van der Waals surface area contributed by atoms with E-state index in [1.54, 1.807) is 6.21 Å². The minimum absolute atomic E-state index is 0.168. The third kappa shape index (κ3) is 3.43. The molecule has 0 N–H and O–H groups in total. The van der Waals surface area contributed by atoms with Gasteiger partial charge < -0.3 is 4.74 Å². The molecule has 0 radical (unpaired) electrons. The van der Waals surface area contributed by atoms with Crippen LogP contribution >= 0.6 is 11.6 Å². The summed E-state index contributed by atoms with van der Waals surface area (Å²) in [6.07, 6.45) is 7.72. The number of benzene rings is 2. The second-order valence-corrected chi connectivity index (χ2v) is 8.50. The number of fused-ring (bicyclic) bond motifs is 1. The highest BCUT2D eigenvalue weighted by Gasteiger charge is 2.56. The molecular weight excluding hydrogens is 400 g/mol. The van der Waals surface area contributed by atoms with Crippen molar-refractivity contribution in [3.63, 3.8) is 0 Å². The second kappa shape index (κ2) is 7.73. The number of hydrazone groups is 1. The van der Waals surface area contributed by atoms with Crippen LogP contribution in [0, 0.1) is 23.7 Å². The summed E-state index contributed by atoms with van der Waals surface area (Å²) in [5, 5.41) is 6.02. The first kappa shape index (κ1) is 19.1. The third-order valence-corrected chi connectivity index (χ3v) is 6.49. The van der Waals surface area contributed by atoms with Crippen molar-refractivity contribution in [1.29, 1.82) is 0 Å². The number of imide groups is 1. The molecule has 30 heavy (non-hydrogen) atoms. The second-order valence-electron chi connectivity index (χ2n) is 8.06. The largest absolute Gasteiger partial charge is 0.489 e. The summed E-state index contributed by atoms with van der Waals surface area (Å²) in [5.74, 6) is 0.192. The van der Waals surface area contributed by atoms with E-state index in [9.17, 15) is 9.59 Å². The van der Waals surface area contributed by atoms with E-state index < -0.39 is 0 Å². The maximum absolute atomic E-state index is 12.8. The maximum atomic E-state index is 12.8. The van der Waals surface area contributed by atoms with Gasteiger partial charge in [-0.15, -0.1) is 0 Å². The Kier molecular flexibility index (Phi) is 4.91. The summed E-state index contributed by atoms with van der Waals surface area (Å²) in [4.78, 5) is 25.7. The van der Waals surface area contributed by atoms with Gasteiger partial charge in [-0.25, -0.2) is 0 Å². The van der Waals surface area contributed by atoms with Crippen LogP contribution in [-0.4, -0.2) is 23.0 Å². The molecule has 6 rings (SSSR count). The number of rotatable bonds is 5. The van der Waals surface area contributed by atoms with Gasteiger partial charge in [-0.05, 0) is 60.1 Å². The van der Waals surface area contributed by atoms with Crippen LogP contribution in [0.4, 0.5) is 0 Å². The van der Waals surface area contributed by atoms with E-state index in [1.807, 2.05) is 48.5 Å². The summed E-state index contributed by atoms with van der Waals surface area (Å²) in [5.41, 5.74) is 1.78. The minimum atomic E-state index is -0.243. The van der Waals surface area contributed by atoms with E-state index in [0.29, 0.717) is 17.4 Å². The van der Waals surface area contributed by atoms with Crippen LogP contribution in [0.15, 0.2) is 65.8 Å². The molecule has 2 aromatic carbocycles. The fraction of sp³-hybridized carbons (Fsp3) is 0.292. The number of ether oxygens (including phenoxy) is 1. The molecule has 2 fully saturated rings. The zero-order chi connectivity index (χ0) is 20.7. The number of hydrogen-bond acceptors (Lipinski definition) is 4. The fourth-order valence-electron chi connectivity index (χ4n) is 4.73. The Hall–Kier alpha value is -2.92. The van der Waals surface area contributed by atoms with Gasteiger partial charge in [-0.2, -0.15) is 10.1 Å². The van der Waals surface area contributed by atoms with Crippen LogP contribution in [0.5, 0.6) is 5.75 Å². The van der Waals surface area contributed by atoms with Crippen molar-refractivity contribution < 1.29 is 14.3 Å². The predicted octanol–water partition coefficient (Wildman–Crippen LogP) is 4.45. The molecule has 5 nitrogen and oxygen atoms in total. The maximum Gasteiger partial charge on any atom is 0.254 e. The minimum Gasteiger partial charge on any atom is -0.489 e. The molecule has 0 unspecified atom stereocenters. The molecule has 4 aliphatic rings. The number of allylic oxidation sites excluding steroid dienone is 2. The van der Waals surface area contributed by atoms with Gasteiger partial charge in [0.15, 0.2) is 0 Å². The Morgan fingerprint density at radius 3 is 2.30 bits per heavy atom. The molecular formula is C24H21ClN2O3. The van der Waals surface area contributed by atoms with Gasteiger partial charge in [-0.3, -0.25) is 9.59 Å². The number of halogens is 1. The quantitative estimate of drug-likeness (QED) is 0.408. The smallest absolute Gasteiger partial charge is 0.254 e. The number of carbonyl (C=O) groups is 2. The number of amides is 2. The van der Waals surface area contributed by atoms with Crippen LogP contribution in [0.1, 0.15) is 24.0 Å². The van der Waals surface area contributed by atoms with Crippen LogP contribution in [0.2, 0.25) is 5.02 Å². The monoisotopic (exact) mass is 420 g/mol. The lowest BCUT2D eigenvalue weighted by Crippen LogP contribution is -2.38. The molecule has 1 heterocycles. The molecule has 6 heteroatoms. The molecule has 2 bridgehead atoms. The molecule has 1 saturated carbocycles. The molecule has 3 aliphatic carbocycles. The van der Waals surface area contributed by atoms with Crippen LogP contribution in [0.3, 0.4) is 0 Å². The summed E-state index contributed by atoms with van der Waals surface area (Å²) >= 11 is 5.91. The first-order valence-electron chi connectivity index (χ1n) is 10.2. The van der Waals surface area contributed by atoms with E-state index in [1.165, 1.54) is 0 Å². The van der Waals surface area contributed by atoms with E-state index in [-0.39, 0.29) is 35.5 Å². The Morgan fingerprint density at radius 2 is 1.67 bits per heavy atom. The molecule has 1 saturated heterocycles. The van der Waals surface area contributed by atoms with E-state index in [2.05, 4.69) is 17.3 Å². The Bertz CT molecular complexity index is 1010. The van der Waals surface area contributed by atoms with Crippen LogP contribution in [0.25, 0.3) is 0 Å². The van der Waals surface area contributed by atoms with Gasteiger partial charge >= 0.3 is 0 Å². The van der Waals surface area contributed by atoms with E-state index >= 15 is 0 Å². The summed E-state index contributed by atoms with van der Waals surface area (Å²) in [6, 6.07) is 14.9. The average molecular weight is 421 g/mol. The average Bonchev–Trinajstić information content (AvgIpc) is 3.05. The van der Waals surface area contributed by atoms with Crippen molar-refractivity contribution in [2.45, 2.75) is 19.4 Å². The lowest BCUT2D eigenvalue weighted by Gasteiger charge is -2.37. The zero-order valence-electron chi connectivity index (χ0n) is 16.3. The molecule has 0 aromatic heterocycles. The highest BCUT2D eigenvalue weighted by atomic mass is 35.5. The van der Waals surface area contributed by atoms with Gasteiger partial charge in [0, 0.05) is 5.02 Å². The first-order valence-corrected chi connectivity index (χ1v) is 10.6. The van der Waals surface area contributed by atoms with Crippen molar-refractivity contribution in [1.82, 2.24) is 5.01 Å². The Labute approximate surface area is 180 Å². The Morgan fingerprint density at radius 1 is 1.00 bits per heavy atom. The number of nitrogens with zero attached hydrogens (tertiary/aromatic N) is 2. The van der Waals surface area contributed by atoms with Gasteiger partial charge in [0.1, 0.15) is 12.4 Å². The SMILES string of the molecule is O=C1[C@@H]2[C@@H](C(=O)N1/N=C\c1cccc(OCc3ccc(Cl)cc3)c1)[C@H]1C=C[C@@H]2CC1. The summed E-state index contributed by atoms with van der Waals surface area (Å²) < 4.78 is 5.84. The highest BCUT2D eigenvalue weighted by Crippen LogP contribution is 2.49. The summed E-state index contributed by atoms with van der Waals surface area (Å²) in [7, 11) is 0. The summed E-state index contributed by atoms with van der Waals surface area (Å²) in [6.45, 7) is 0.417. The molecule has 2 amide bonds. The van der Waals surface area contributed by atoms with Crippen molar-refractivity contribution in [2.75, 3.05) is 0 Å². The van der Waals surface area contributed by atoms with Crippen molar-refractivity contribution in [2.24, 2.45) is 28.8 Å². The predicted molar refractivity (Wildman–Crippen MR) is 114 cm³/mol. The zero-order valence-corrected chi connectivity index (χ0v) is 17.0. The number of carbonyl (C=O) groups excluding carboxylic acids is 2. The van der Waals surface area contributed by atoms with Crippen molar-refractivity contribution >= 4 is 29.6 Å². The molecule has 152 valence electrons. The fourth-order valence-corrected chi connectivity index (χ4v) is 4.85. The lowest BCUT2D eigenvalue weighted by atomic mass is 9.63. The lowest BCUT2D eigenvalue weighted by molar-refractivity contribution is -0.140. The van der Waals surface area contributed by atoms with Gasteiger partial charge in [0.05, 0.1) is 18.1 Å². The third-order valence-electron chi connectivity index (χ3n) is 6.24. The molecule has 2 aromatic rings. The van der Waals surface area contributed by atoms with Crippen LogP contribution < -0.4 is 4.74 Å². The van der Waals surface area contributed by atoms with Crippen LogP contribution in [-0.2, 0) is 16.2 Å². The van der Waals surface area contributed by atoms with Gasteiger partial charge in [0.25, 0.3) is 11.8 Å². The van der Waals surface area contributed by atoms with Gasteiger partial charge in [-0.1, -0.05) is 48.0 Å². The molecule has 4 atom stereocenters. The Balaban J connectivity index is 1.28. The van der Waals surface area contributed by atoms with Crippen molar-refractivity contribution in [3.05, 3.63) is 76.8 Å². The normalized spacial score (nSPS) is 27.2. The van der Waals surface area contributed by atoms with Gasteiger partial charge in [0.2, 0.25) is 0 Å². The van der Waals surface area contributed by atoms with E-state index in [4.69, 9.17) is 16.3 Å². The highest BCUT2D eigenvalue weighted by molar-refractivity contribution is 6.30. The van der Waals surface area contributed by atoms with E-state index in [0.717, 1.165) is 29.0 Å². The number of hydrogen-bond donors (Lipinski definition) is 0. The standard InChI is InChI=1S/C24H21ClN2O3/c25-19-10-4-15(5-11-19)14-30-20-3-1-2-16(12-20)13-26-27-23(28)21-17-6-7-18(9-8-17)22(21)24(27)29/h1-7,10-13,17-18,21-22H,8-9,14H2/b26-13-/t17-,18+,21-,22-/m0/s1. The van der Waals surface area contributed by atoms with Crippen molar-refractivity contribution in [3.8, 4) is 5.75 Å². The first-order chi connectivity index (χ1) is 14.6.